The van der Waals surface area contributed by atoms with Crippen LogP contribution in [0.1, 0.15) is 18.5 Å². The van der Waals surface area contributed by atoms with Crippen molar-refractivity contribution in [3.63, 3.8) is 0 Å². The van der Waals surface area contributed by atoms with Gasteiger partial charge in [-0.3, -0.25) is 4.79 Å². The predicted molar refractivity (Wildman–Crippen MR) is 80.1 cm³/mol. The highest BCUT2D eigenvalue weighted by molar-refractivity contribution is 8.00. The number of benzene rings is 2. The first-order valence-corrected chi connectivity index (χ1v) is 7.47. The SMILES string of the molecule is C[C@H](NC(=O)CSc1ccccc1)c1ccc(F)cc1F. The zero-order valence-electron chi connectivity index (χ0n) is 11.5. The number of hydrogen-bond acceptors (Lipinski definition) is 2. The number of hydrogen-bond donors (Lipinski definition) is 1. The predicted octanol–water partition coefficient (Wildman–Crippen LogP) is 3.93. The van der Waals surface area contributed by atoms with E-state index in [2.05, 4.69) is 5.32 Å². The Kier molecular flexibility index (Phi) is 5.33. The number of rotatable bonds is 5. The first-order valence-electron chi connectivity index (χ1n) is 6.48. The lowest BCUT2D eigenvalue weighted by molar-refractivity contribution is -0.119. The van der Waals surface area contributed by atoms with Crippen molar-refractivity contribution >= 4 is 17.7 Å². The second kappa shape index (κ2) is 7.22. The minimum absolute atomic E-state index is 0.194. The van der Waals surface area contributed by atoms with Crippen molar-refractivity contribution in [2.24, 2.45) is 0 Å². The Morgan fingerprint density at radius 3 is 2.57 bits per heavy atom. The third-order valence-electron chi connectivity index (χ3n) is 2.92. The van der Waals surface area contributed by atoms with Crippen LogP contribution < -0.4 is 5.32 Å². The van der Waals surface area contributed by atoms with Crippen LogP contribution in [0.3, 0.4) is 0 Å². The molecule has 2 nitrogen and oxygen atoms in total. The Morgan fingerprint density at radius 1 is 1.19 bits per heavy atom. The van der Waals surface area contributed by atoms with E-state index in [-0.39, 0.29) is 17.2 Å². The molecule has 0 bridgehead atoms. The largest absolute Gasteiger partial charge is 0.349 e. The molecule has 0 aliphatic carbocycles. The Morgan fingerprint density at radius 2 is 1.90 bits per heavy atom. The highest BCUT2D eigenvalue weighted by Crippen LogP contribution is 2.19. The van der Waals surface area contributed by atoms with Crippen molar-refractivity contribution in [1.82, 2.24) is 5.32 Å². The summed E-state index contributed by atoms with van der Waals surface area (Å²) in [6.45, 7) is 1.67. The van der Waals surface area contributed by atoms with Gasteiger partial charge in [-0.2, -0.15) is 0 Å². The molecule has 0 aliphatic heterocycles. The lowest BCUT2D eigenvalue weighted by atomic mass is 10.1. The second-order valence-electron chi connectivity index (χ2n) is 4.56. The molecule has 1 atom stereocenters. The average Bonchev–Trinajstić information content (AvgIpc) is 2.46. The Balaban J connectivity index is 1.90. The van der Waals surface area contributed by atoms with E-state index in [9.17, 15) is 13.6 Å². The molecule has 2 aromatic rings. The molecule has 0 aliphatic rings. The van der Waals surface area contributed by atoms with Crippen LogP contribution in [0.5, 0.6) is 0 Å². The summed E-state index contributed by atoms with van der Waals surface area (Å²) in [6, 6.07) is 12.4. The van der Waals surface area contributed by atoms with Gasteiger partial charge in [-0.25, -0.2) is 8.78 Å². The van der Waals surface area contributed by atoms with Crippen LogP contribution in [0.2, 0.25) is 0 Å². The molecular weight excluding hydrogens is 292 g/mol. The van der Waals surface area contributed by atoms with E-state index in [1.807, 2.05) is 30.3 Å². The van der Waals surface area contributed by atoms with E-state index in [1.54, 1.807) is 6.92 Å². The fourth-order valence-electron chi connectivity index (χ4n) is 1.88. The molecule has 0 spiro atoms. The minimum atomic E-state index is -0.654. The fourth-order valence-corrected chi connectivity index (χ4v) is 2.61. The van der Waals surface area contributed by atoms with Gasteiger partial charge in [-0.05, 0) is 25.1 Å². The smallest absolute Gasteiger partial charge is 0.230 e. The summed E-state index contributed by atoms with van der Waals surface area (Å²) in [7, 11) is 0. The van der Waals surface area contributed by atoms with Gasteiger partial charge in [0.15, 0.2) is 0 Å². The van der Waals surface area contributed by atoms with E-state index in [0.29, 0.717) is 0 Å². The Labute approximate surface area is 126 Å². The van der Waals surface area contributed by atoms with Crippen LogP contribution in [0.25, 0.3) is 0 Å². The monoisotopic (exact) mass is 307 g/mol. The van der Waals surface area contributed by atoms with E-state index >= 15 is 0 Å². The Bertz CT molecular complexity index is 619. The van der Waals surface area contributed by atoms with E-state index in [0.717, 1.165) is 11.0 Å². The quantitative estimate of drug-likeness (QED) is 0.848. The summed E-state index contributed by atoms with van der Waals surface area (Å²) >= 11 is 1.41. The van der Waals surface area contributed by atoms with Crippen molar-refractivity contribution in [3.05, 3.63) is 65.7 Å². The molecule has 2 rings (SSSR count). The summed E-state index contributed by atoms with van der Waals surface area (Å²) in [6.07, 6.45) is 0. The third kappa shape index (κ3) is 4.56. The molecular formula is C16H15F2NOS. The highest BCUT2D eigenvalue weighted by Gasteiger charge is 2.14. The van der Waals surface area contributed by atoms with Gasteiger partial charge < -0.3 is 5.32 Å². The normalized spacial score (nSPS) is 12.0. The van der Waals surface area contributed by atoms with Gasteiger partial charge in [0.2, 0.25) is 5.91 Å². The van der Waals surface area contributed by atoms with Gasteiger partial charge in [-0.15, -0.1) is 11.8 Å². The fraction of sp³-hybridized carbons (Fsp3) is 0.188. The first-order chi connectivity index (χ1) is 10.1. The van der Waals surface area contributed by atoms with Crippen molar-refractivity contribution in [2.45, 2.75) is 17.9 Å². The number of nitrogens with one attached hydrogen (secondary N) is 1. The van der Waals surface area contributed by atoms with Crippen LogP contribution in [0, 0.1) is 11.6 Å². The maximum Gasteiger partial charge on any atom is 0.230 e. The van der Waals surface area contributed by atoms with Crippen LogP contribution in [-0.2, 0) is 4.79 Å². The second-order valence-corrected chi connectivity index (χ2v) is 5.61. The van der Waals surface area contributed by atoms with Crippen LogP contribution >= 0.6 is 11.8 Å². The molecule has 0 unspecified atom stereocenters. The van der Waals surface area contributed by atoms with Gasteiger partial charge in [-0.1, -0.05) is 24.3 Å². The molecule has 1 amide bonds. The summed E-state index contributed by atoms with van der Waals surface area (Å²) in [5, 5.41) is 2.70. The van der Waals surface area contributed by atoms with Crippen molar-refractivity contribution in [3.8, 4) is 0 Å². The summed E-state index contributed by atoms with van der Waals surface area (Å²) in [5.41, 5.74) is 0.273. The van der Waals surface area contributed by atoms with Crippen LogP contribution in [0.15, 0.2) is 53.4 Å². The lowest BCUT2D eigenvalue weighted by Crippen LogP contribution is -2.28. The summed E-state index contributed by atoms with van der Waals surface area (Å²) in [4.78, 5) is 12.8. The molecule has 0 aromatic heterocycles. The minimum Gasteiger partial charge on any atom is -0.349 e. The number of thioether (sulfide) groups is 1. The first kappa shape index (κ1) is 15.5. The number of carbonyl (C=O) groups is 1. The molecule has 1 N–H and O–H groups in total. The summed E-state index contributed by atoms with van der Waals surface area (Å²) < 4.78 is 26.5. The highest BCUT2D eigenvalue weighted by atomic mass is 32.2. The maximum absolute atomic E-state index is 13.6. The molecule has 0 saturated carbocycles. The van der Waals surface area contributed by atoms with Gasteiger partial charge in [0.25, 0.3) is 0 Å². The maximum atomic E-state index is 13.6. The molecule has 2 aromatic carbocycles. The van der Waals surface area contributed by atoms with Gasteiger partial charge in [0.1, 0.15) is 11.6 Å². The van der Waals surface area contributed by atoms with Crippen molar-refractivity contribution in [1.29, 1.82) is 0 Å². The average molecular weight is 307 g/mol. The van der Waals surface area contributed by atoms with Gasteiger partial charge in [0.05, 0.1) is 11.8 Å². The number of carbonyl (C=O) groups excluding carboxylic acids is 1. The molecule has 5 heteroatoms. The molecule has 0 radical (unpaired) electrons. The molecule has 0 fully saturated rings. The molecule has 0 heterocycles. The molecule has 110 valence electrons. The summed E-state index contributed by atoms with van der Waals surface area (Å²) in [5.74, 6) is -1.23. The Hall–Kier alpha value is -1.88. The number of amides is 1. The van der Waals surface area contributed by atoms with Crippen molar-refractivity contribution < 1.29 is 13.6 Å². The lowest BCUT2D eigenvalue weighted by Gasteiger charge is -2.15. The van der Waals surface area contributed by atoms with Crippen molar-refractivity contribution in [2.75, 3.05) is 5.75 Å². The zero-order valence-corrected chi connectivity index (χ0v) is 12.3. The molecule has 21 heavy (non-hydrogen) atoms. The van der Waals surface area contributed by atoms with Gasteiger partial charge >= 0.3 is 0 Å². The van der Waals surface area contributed by atoms with Crippen LogP contribution in [-0.4, -0.2) is 11.7 Å². The number of halogens is 2. The van der Waals surface area contributed by atoms with E-state index in [1.165, 1.54) is 23.9 Å². The van der Waals surface area contributed by atoms with E-state index < -0.39 is 17.7 Å². The standard InChI is InChI=1S/C16H15F2NOS/c1-11(14-8-7-12(17)9-15(14)18)19-16(20)10-21-13-5-3-2-4-6-13/h2-9,11H,10H2,1H3,(H,19,20)/t11-/m0/s1. The van der Waals surface area contributed by atoms with E-state index in [4.69, 9.17) is 0 Å². The topological polar surface area (TPSA) is 29.1 Å². The molecule has 0 saturated heterocycles. The van der Waals surface area contributed by atoms with Gasteiger partial charge in [0, 0.05) is 16.5 Å². The zero-order chi connectivity index (χ0) is 15.2. The van der Waals surface area contributed by atoms with Crippen LogP contribution in [0.4, 0.5) is 8.78 Å². The third-order valence-corrected chi connectivity index (χ3v) is 3.93.